The zero-order chi connectivity index (χ0) is 23.8. The average Bonchev–Trinajstić information content (AvgIpc) is 2.73. The first-order valence-corrected chi connectivity index (χ1v) is 10.2. The van der Waals surface area contributed by atoms with Gasteiger partial charge in [-0.15, -0.1) is 0 Å². The molecule has 3 rings (SSSR count). The van der Waals surface area contributed by atoms with Gasteiger partial charge in [0.15, 0.2) is 0 Å². The summed E-state index contributed by atoms with van der Waals surface area (Å²) < 4.78 is 22.4. The van der Waals surface area contributed by atoms with E-state index in [0.717, 1.165) is 0 Å². The second kappa shape index (κ2) is 9.07. The fraction of sp³-hybridized carbons (Fsp3) is 0.545. The number of benzene rings is 1. The molecule has 0 aliphatic carbocycles. The van der Waals surface area contributed by atoms with Crippen molar-refractivity contribution in [3.05, 3.63) is 33.7 Å². The van der Waals surface area contributed by atoms with Crippen LogP contribution in [0.2, 0.25) is 0 Å². The molecule has 0 amide bonds. The summed E-state index contributed by atoms with van der Waals surface area (Å²) in [6.07, 6.45) is -4.25. The molecule has 0 bridgehead atoms. The Morgan fingerprint density at radius 2 is 1.91 bits per heavy atom. The lowest BCUT2D eigenvalue weighted by atomic mass is 9.89. The van der Waals surface area contributed by atoms with Gasteiger partial charge in [0.05, 0.1) is 16.7 Å². The molecule has 1 aliphatic rings. The average molecular weight is 451 g/mol. The van der Waals surface area contributed by atoms with Crippen molar-refractivity contribution >= 4 is 16.7 Å². The number of fused-ring (bicyclic) bond motifs is 1. The first-order valence-electron chi connectivity index (χ1n) is 10.2. The Labute approximate surface area is 185 Å². The highest BCUT2D eigenvalue weighted by Gasteiger charge is 2.50. The van der Waals surface area contributed by atoms with E-state index in [2.05, 4.69) is 5.16 Å². The molecule has 10 heteroatoms. The van der Waals surface area contributed by atoms with Crippen LogP contribution in [0.5, 0.6) is 11.5 Å². The van der Waals surface area contributed by atoms with E-state index in [-0.39, 0.29) is 33.7 Å². The van der Waals surface area contributed by atoms with Gasteiger partial charge in [-0.25, -0.2) is 4.79 Å². The van der Waals surface area contributed by atoms with Gasteiger partial charge in [0.2, 0.25) is 6.29 Å². The van der Waals surface area contributed by atoms with Crippen LogP contribution in [0, 0.1) is 6.92 Å². The molecule has 0 saturated carbocycles. The van der Waals surface area contributed by atoms with Gasteiger partial charge >= 0.3 is 5.63 Å². The van der Waals surface area contributed by atoms with Crippen LogP contribution in [-0.2, 0) is 14.3 Å². The number of aliphatic hydroxyl groups is 2. The van der Waals surface area contributed by atoms with Crippen LogP contribution >= 0.6 is 0 Å². The fourth-order valence-electron chi connectivity index (χ4n) is 3.98. The molecule has 1 saturated heterocycles. The van der Waals surface area contributed by atoms with Crippen molar-refractivity contribution in [3.63, 3.8) is 0 Å². The molecule has 1 aromatic heterocycles. The second-order valence-electron chi connectivity index (χ2n) is 8.10. The highest BCUT2D eigenvalue weighted by Crippen LogP contribution is 2.37. The van der Waals surface area contributed by atoms with Crippen LogP contribution < -0.4 is 10.4 Å². The van der Waals surface area contributed by atoms with Crippen molar-refractivity contribution in [2.45, 2.75) is 64.3 Å². The van der Waals surface area contributed by atoms with Crippen LogP contribution in [0.25, 0.3) is 11.0 Å². The fourth-order valence-corrected chi connectivity index (χ4v) is 3.98. The number of nitrogens with zero attached hydrogens (tertiary/aromatic N) is 1. The van der Waals surface area contributed by atoms with Gasteiger partial charge in [-0.2, -0.15) is 0 Å². The summed E-state index contributed by atoms with van der Waals surface area (Å²) in [5.41, 5.74) is -1.03. The van der Waals surface area contributed by atoms with E-state index in [4.69, 9.17) is 23.5 Å². The lowest BCUT2D eigenvalue weighted by Gasteiger charge is -2.46. The highest BCUT2D eigenvalue weighted by atomic mass is 16.7. The normalized spacial score (nSPS) is 25.7. The number of methoxy groups -OCH3 is 1. The molecule has 10 nitrogen and oxygen atoms in total. The Morgan fingerprint density at radius 3 is 2.50 bits per heavy atom. The van der Waals surface area contributed by atoms with Crippen LogP contribution in [-0.4, -0.2) is 65.5 Å². The van der Waals surface area contributed by atoms with E-state index in [0.29, 0.717) is 12.0 Å². The number of rotatable bonds is 6. The van der Waals surface area contributed by atoms with Gasteiger partial charge in [0.25, 0.3) is 0 Å². The zero-order valence-electron chi connectivity index (χ0n) is 18.9. The van der Waals surface area contributed by atoms with E-state index in [1.165, 1.54) is 20.3 Å². The van der Waals surface area contributed by atoms with Gasteiger partial charge in [0, 0.05) is 12.7 Å². The molecule has 176 valence electrons. The van der Waals surface area contributed by atoms with Crippen molar-refractivity contribution in [3.8, 4) is 11.5 Å². The van der Waals surface area contributed by atoms with Gasteiger partial charge in [-0.3, -0.25) is 0 Å². The third kappa shape index (κ3) is 4.06. The monoisotopic (exact) mass is 451 g/mol. The van der Waals surface area contributed by atoms with Gasteiger partial charge in [-0.05, 0) is 39.3 Å². The van der Waals surface area contributed by atoms with Crippen LogP contribution in [0.3, 0.4) is 0 Å². The second-order valence-corrected chi connectivity index (χ2v) is 8.10. The van der Waals surface area contributed by atoms with Gasteiger partial charge in [0.1, 0.15) is 48.1 Å². The largest absolute Gasteiger partial charge is 0.506 e. The Hall–Kier alpha value is -2.66. The molecule has 4 atom stereocenters. The molecule has 3 N–H and O–H groups in total. The topological polar surface area (TPSA) is 140 Å². The molecule has 0 unspecified atom stereocenters. The van der Waals surface area contributed by atoms with E-state index >= 15 is 0 Å². The number of aromatic hydroxyl groups is 1. The molecular formula is C22H29NO9. The maximum Gasteiger partial charge on any atom is 0.349 e. The third-order valence-electron chi connectivity index (χ3n) is 5.61. The number of aliphatic hydroxyl groups excluding tert-OH is 2. The Bertz CT molecular complexity index is 1080. The molecular weight excluding hydrogens is 422 g/mol. The number of aryl methyl sites for hydroxylation is 1. The lowest BCUT2D eigenvalue weighted by molar-refractivity contribution is -0.306. The SMILES string of the molecule is CCC(=NOC)c1c(O)c2ccc(O[C@@H]3OC(C)(C)[C@H](OC)[C@H](O)[C@H]3O)c(C)c2oc1=O. The Morgan fingerprint density at radius 1 is 1.22 bits per heavy atom. The predicted molar refractivity (Wildman–Crippen MR) is 115 cm³/mol. The molecule has 0 spiro atoms. The summed E-state index contributed by atoms with van der Waals surface area (Å²) >= 11 is 0. The maximum absolute atomic E-state index is 12.6. The first-order chi connectivity index (χ1) is 15.1. The molecule has 1 aliphatic heterocycles. The van der Waals surface area contributed by atoms with Crippen LogP contribution in [0.1, 0.15) is 38.3 Å². The van der Waals surface area contributed by atoms with Crippen LogP contribution in [0.15, 0.2) is 26.5 Å². The minimum atomic E-state index is -1.39. The van der Waals surface area contributed by atoms with Crippen molar-refractivity contribution in [2.24, 2.45) is 5.16 Å². The van der Waals surface area contributed by atoms with Crippen molar-refractivity contribution in [1.82, 2.24) is 0 Å². The quantitative estimate of drug-likeness (QED) is 0.341. The number of hydrogen-bond acceptors (Lipinski definition) is 10. The number of oxime groups is 1. The summed E-state index contributed by atoms with van der Waals surface area (Å²) in [4.78, 5) is 17.4. The van der Waals surface area contributed by atoms with Gasteiger partial charge in [-0.1, -0.05) is 12.1 Å². The molecule has 1 aromatic carbocycles. The molecule has 0 radical (unpaired) electrons. The van der Waals surface area contributed by atoms with Crippen molar-refractivity contribution < 1.29 is 38.8 Å². The third-order valence-corrected chi connectivity index (χ3v) is 5.61. The van der Waals surface area contributed by atoms with E-state index < -0.39 is 35.8 Å². The van der Waals surface area contributed by atoms with E-state index in [1.807, 2.05) is 0 Å². The summed E-state index contributed by atoms with van der Waals surface area (Å²) in [7, 11) is 2.77. The smallest absolute Gasteiger partial charge is 0.349 e. The van der Waals surface area contributed by atoms with E-state index in [1.54, 1.807) is 33.8 Å². The number of ether oxygens (including phenoxy) is 3. The minimum absolute atomic E-state index is 0.0727. The molecule has 32 heavy (non-hydrogen) atoms. The zero-order valence-corrected chi connectivity index (χ0v) is 18.9. The molecule has 1 fully saturated rings. The molecule has 2 heterocycles. The summed E-state index contributed by atoms with van der Waals surface area (Å²) in [6.45, 7) is 6.83. The Kier molecular flexibility index (Phi) is 6.80. The highest BCUT2D eigenvalue weighted by molar-refractivity contribution is 6.06. The first kappa shape index (κ1) is 24.0. The Balaban J connectivity index is 2.03. The minimum Gasteiger partial charge on any atom is -0.506 e. The standard InChI is InChI=1S/C22H29NO9/c1-7-12(23-29-6)14-15(24)11-8-9-13(10(2)18(11)31-20(14)27)30-21-17(26)16(25)19(28-5)22(3,4)32-21/h8-9,16-17,19,21,24-26H,7H2,1-6H3/t16-,17-,19-,21-/m1/s1. The van der Waals surface area contributed by atoms with Crippen molar-refractivity contribution in [1.29, 1.82) is 0 Å². The summed E-state index contributed by atoms with van der Waals surface area (Å²) in [5, 5.41) is 35.7. The lowest BCUT2D eigenvalue weighted by Crippen LogP contribution is -2.63. The van der Waals surface area contributed by atoms with Crippen LogP contribution in [0.4, 0.5) is 0 Å². The number of hydrogen-bond donors (Lipinski definition) is 3. The summed E-state index contributed by atoms with van der Waals surface area (Å²) in [6, 6.07) is 3.08. The maximum atomic E-state index is 12.6. The van der Waals surface area contributed by atoms with Crippen molar-refractivity contribution in [2.75, 3.05) is 14.2 Å². The predicted octanol–water partition coefficient (Wildman–Crippen LogP) is 1.82. The summed E-state index contributed by atoms with van der Waals surface area (Å²) in [5.74, 6) is -0.0333. The van der Waals surface area contributed by atoms with E-state index in [9.17, 15) is 20.1 Å². The molecule has 2 aromatic rings. The van der Waals surface area contributed by atoms with Gasteiger partial charge < -0.3 is 38.8 Å².